The molecule has 0 aliphatic rings. The van der Waals surface area contributed by atoms with E-state index in [0.717, 1.165) is 16.7 Å². The van der Waals surface area contributed by atoms with Crippen molar-refractivity contribution in [1.82, 2.24) is 9.55 Å². The summed E-state index contributed by atoms with van der Waals surface area (Å²) in [4.78, 5) is 4.85. The summed E-state index contributed by atoms with van der Waals surface area (Å²) >= 11 is 0. The summed E-state index contributed by atoms with van der Waals surface area (Å²) in [6, 6.07) is 54.5. The molecule has 0 aliphatic heterocycles. The molecular formula is C42H30N2. The molecule has 2 heterocycles. The zero-order chi connectivity index (χ0) is 29.5. The first-order valence-electron chi connectivity index (χ1n) is 15.1. The summed E-state index contributed by atoms with van der Waals surface area (Å²) in [6.45, 7) is 2.20. The van der Waals surface area contributed by atoms with E-state index in [1.807, 2.05) is 12.3 Å². The van der Waals surface area contributed by atoms with E-state index in [2.05, 4.69) is 163 Å². The Morgan fingerprint density at radius 3 is 1.55 bits per heavy atom. The Bertz CT molecular complexity index is 2250. The van der Waals surface area contributed by atoms with Crippen LogP contribution in [0.2, 0.25) is 0 Å². The van der Waals surface area contributed by atoms with Gasteiger partial charge in [0.1, 0.15) is 5.65 Å². The van der Waals surface area contributed by atoms with Gasteiger partial charge in [-0.1, -0.05) is 127 Å². The van der Waals surface area contributed by atoms with Gasteiger partial charge in [0.05, 0.1) is 5.69 Å². The van der Waals surface area contributed by atoms with Gasteiger partial charge in [-0.05, 0) is 81.1 Å². The number of aromatic nitrogens is 2. The Morgan fingerprint density at radius 2 is 0.977 bits per heavy atom. The van der Waals surface area contributed by atoms with Crippen LogP contribution >= 0.6 is 0 Å². The van der Waals surface area contributed by atoms with E-state index in [9.17, 15) is 0 Å². The minimum atomic E-state index is 0.952. The Morgan fingerprint density at radius 1 is 0.477 bits per heavy atom. The number of pyridine rings is 1. The van der Waals surface area contributed by atoms with Crippen molar-refractivity contribution in [3.05, 3.63) is 170 Å². The molecule has 0 bridgehead atoms. The first-order chi connectivity index (χ1) is 21.8. The van der Waals surface area contributed by atoms with Crippen LogP contribution in [0.15, 0.2) is 164 Å². The Hall–Kier alpha value is -5.73. The van der Waals surface area contributed by atoms with E-state index in [0.29, 0.717) is 0 Å². The van der Waals surface area contributed by atoms with Crippen LogP contribution in [0.3, 0.4) is 0 Å². The molecule has 0 fully saturated rings. The molecule has 0 unspecified atom stereocenters. The van der Waals surface area contributed by atoms with E-state index in [-0.39, 0.29) is 0 Å². The maximum atomic E-state index is 4.85. The zero-order valence-electron chi connectivity index (χ0n) is 24.5. The molecule has 6 aromatic carbocycles. The van der Waals surface area contributed by atoms with Gasteiger partial charge in [-0.25, -0.2) is 4.98 Å². The summed E-state index contributed by atoms with van der Waals surface area (Å²) in [6.07, 6.45) is 4.05. The molecule has 0 amide bonds. The third-order valence-electron chi connectivity index (χ3n) is 8.49. The summed E-state index contributed by atoms with van der Waals surface area (Å²) in [5, 5.41) is 3.56. The van der Waals surface area contributed by atoms with Gasteiger partial charge in [0.15, 0.2) is 0 Å². The van der Waals surface area contributed by atoms with Crippen molar-refractivity contribution in [3.8, 4) is 50.2 Å². The first-order valence-corrected chi connectivity index (χ1v) is 15.1. The highest BCUT2D eigenvalue weighted by atomic mass is 15.0. The molecule has 0 atom stereocenters. The molecule has 0 N–H and O–H groups in total. The number of rotatable bonds is 5. The van der Waals surface area contributed by atoms with Crippen LogP contribution in [0.4, 0.5) is 0 Å². The van der Waals surface area contributed by atoms with Crippen molar-refractivity contribution in [1.29, 1.82) is 0 Å². The lowest BCUT2D eigenvalue weighted by Crippen LogP contribution is -2.02. The summed E-state index contributed by atoms with van der Waals surface area (Å²) < 4.78 is 2.27. The van der Waals surface area contributed by atoms with Gasteiger partial charge in [-0.3, -0.25) is 0 Å². The normalized spacial score (nSPS) is 11.3. The van der Waals surface area contributed by atoms with Crippen molar-refractivity contribution in [3.63, 3.8) is 0 Å². The minimum Gasteiger partial charge on any atom is -0.301 e. The molecule has 8 aromatic rings. The molecule has 2 aromatic heterocycles. The van der Waals surface area contributed by atoms with Crippen LogP contribution in [-0.4, -0.2) is 9.55 Å². The SMILES string of the molecule is Cc1cc(-n2ccc3cccnc32)c2c(-c3ccccc3)c(-c3ccccc3)c(-c3ccccc3)c(-c3ccccc3)c2c1. The van der Waals surface area contributed by atoms with Gasteiger partial charge in [0.2, 0.25) is 0 Å². The number of nitrogens with zero attached hydrogens (tertiary/aromatic N) is 2. The van der Waals surface area contributed by atoms with Crippen LogP contribution in [-0.2, 0) is 0 Å². The quantitative estimate of drug-likeness (QED) is 0.204. The molecule has 8 rings (SSSR count). The van der Waals surface area contributed by atoms with Crippen molar-refractivity contribution in [2.45, 2.75) is 6.92 Å². The molecule has 208 valence electrons. The third kappa shape index (κ3) is 4.31. The smallest absolute Gasteiger partial charge is 0.144 e. The van der Waals surface area contributed by atoms with E-state index < -0.39 is 0 Å². The fourth-order valence-electron chi connectivity index (χ4n) is 6.67. The number of aryl methyl sites for hydroxylation is 1. The van der Waals surface area contributed by atoms with Crippen LogP contribution in [0.25, 0.3) is 72.0 Å². The van der Waals surface area contributed by atoms with Crippen LogP contribution in [0, 0.1) is 6.92 Å². The number of hydrogen-bond donors (Lipinski definition) is 0. The monoisotopic (exact) mass is 562 g/mol. The second-order valence-electron chi connectivity index (χ2n) is 11.3. The van der Waals surface area contributed by atoms with Gasteiger partial charge in [-0.15, -0.1) is 0 Å². The van der Waals surface area contributed by atoms with Gasteiger partial charge < -0.3 is 4.57 Å². The lowest BCUT2D eigenvalue weighted by atomic mass is 9.78. The highest BCUT2D eigenvalue weighted by molar-refractivity contribution is 6.20. The number of benzene rings is 6. The minimum absolute atomic E-state index is 0.952. The molecular weight excluding hydrogens is 532 g/mol. The Kier molecular flexibility index (Phi) is 6.39. The fraction of sp³-hybridized carbons (Fsp3) is 0.0238. The van der Waals surface area contributed by atoms with Crippen LogP contribution < -0.4 is 0 Å². The van der Waals surface area contributed by atoms with E-state index >= 15 is 0 Å². The van der Waals surface area contributed by atoms with Gasteiger partial charge in [0, 0.05) is 28.7 Å². The Labute approximate surface area is 257 Å². The number of hydrogen-bond acceptors (Lipinski definition) is 1. The molecule has 0 saturated heterocycles. The molecule has 0 saturated carbocycles. The molecule has 2 nitrogen and oxygen atoms in total. The average Bonchev–Trinajstić information content (AvgIpc) is 3.52. The summed E-state index contributed by atoms with van der Waals surface area (Å²) in [5.41, 5.74) is 13.0. The van der Waals surface area contributed by atoms with Crippen molar-refractivity contribution in [2.24, 2.45) is 0 Å². The lowest BCUT2D eigenvalue weighted by molar-refractivity contribution is 1.10. The van der Waals surface area contributed by atoms with E-state index in [1.165, 1.54) is 60.8 Å². The fourth-order valence-corrected chi connectivity index (χ4v) is 6.67. The second kappa shape index (κ2) is 10.8. The maximum Gasteiger partial charge on any atom is 0.144 e. The predicted molar refractivity (Wildman–Crippen MR) is 185 cm³/mol. The van der Waals surface area contributed by atoms with Gasteiger partial charge >= 0.3 is 0 Å². The molecule has 0 radical (unpaired) electrons. The van der Waals surface area contributed by atoms with Crippen LogP contribution in [0.1, 0.15) is 5.56 Å². The zero-order valence-corrected chi connectivity index (χ0v) is 24.5. The molecule has 44 heavy (non-hydrogen) atoms. The van der Waals surface area contributed by atoms with Gasteiger partial charge in [-0.2, -0.15) is 0 Å². The highest BCUT2D eigenvalue weighted by Gasteiger charge is 2.26. The predicted octanol–water partition coefficient (Wildman–Crippen LogP) is 11.2. The molecule has 0 spiro atoms. The lowest BCUT2D eigenvalue weighted by Gasteiger charge is -2.26. The third-order valence-corrected chi connectivity index (χ3v) is 8.49. The average molecular weight is 563 g/mol. The van der Waals surface area contributed by atoms with E-state index in [4.69, 9.17) is 4.98 Å². The molecule has 0 aliphatic carbocycles. The topological polar surface area (TPSA) is 17.8 Å². The van der Waals surface area contributed by atoms with Crippen molar-refractivity contribution < 1.29 is 0 Å². The summed E-state index contributed by atoms with van der Waals surface area (Å²) in [7, 11) is 0. The van der Waals surface area contributed by atoms with Crippen LogP contribution in [0.5, 0.6) is 0 Å². The standard InChI is InChI=1S/C42H30N2/c1-29-27-35-37(30-15-6-2-7-16-30)38(31-17-8-3-9-18-31)39(32-19-10-4-11-20-32)40(33-21-12-5-13-22-33)41(35)36(28-29)44-26-24-34-23-14-25-43-42(34)44/h2-28H,1H3. The van der Waals surface area contributed by atoms with Crippen molar-refractivity contribution >= 4 is 21.8 Å². The highest BCUT2D eigenvalue weighted by Crippen LogP contribution is 2.52. The summed E-state index contributed by atoms with van der Waals surface area (Å²) in [5.74, 6) is 0. The largest absolute Gasteiger partial charge is 0.301 e. The maximum absolute atomic E-state index is 4.85. The van der Waals surface area contributed by atoms with Gasteiger partial charge in [0.25, 0.3) is 0 Å². The Balaban J connectivity index is 1.68. The first kappa shape index (κ1) is 25.9. The van der Waals surface area contributed by atoms with Crippen molar-refractivity contribution in [2.75, 3.05) is 0 Å². The second-order valence-corrected chi connectivity index (χ2v) is 11.3. The molecule has 2 heteroatoms. The van der Waals surface area contributed by atoms with E-state index in [1.54, 1.807) is 0 Å². The number of fused-ring (bicyclic) bond motifs is 2.